The van der Waals surface area contributed by atoms with Gasteiger partial charge in [-0.3, -0.25) is 0 Å². The van der Waals surface area contributed by atoms with Gasteiger partial charge in [0, 0.05) is 17.5 Å². The summed E-state index contributed by atoms with van der Waals surface area (Å²) in [5.41, 5.74) is 3.87. The monoisotopic (exact) mass is 296 g/mol. The van der Waals surface area contributed by atoms with Gasteiger partial charge in [0.1, 0.15) is 0 Å². The molecule has 1 saturated carbocycles. The molecule has 0 radical (unpaired) electrons. The van der Waals surface area contributed by atoms with Gasteiger partial charge in [-0.25, -0.2) is 0 Å². The fourth-order valence-electron chi connectivity index (χ4n) is 4.04. The van der Waals surface area contributed by atoms with Crippen LogP contribution in [0.2, 0.25) is 0 Å². The van der Waals surface area contributed by atoms with Crippen molar-refractivity contribution in [3.05, 3.63) is 47.2 Å². The van der Waals surface area contributed by atoms with Crippen molar-refractivity contribution >= 4 is 5.88 Å². The molecule has 0 amide bonds. The Morgan fingerprint density at radius 1 is 0.955 bits per heavy atom. The summed E-state index contributed by atoms with van der Waals surface area (Å²) in [6.07, 6.45) is 9.98. The molecule has 1 N–H and O–H groups in total. The Morgan fingerprint density at radius 2 is 1.77 bits per heavy atom. The molecule has 1 fully saturated rings. The summed E-state index contributed by atoms with van der Waals surface area (Å²) in [4.78, 5) is 0. The lowest BCUT2D eigenvalue weighted by Gasteiger charge is -2.26. The van der Waals surface area contributed by atoms with Gasteiger partial charge in [-0.1, -0.05) is 54.8 Å². The fraction of sp³-hybridized carbons (Fsp3) is 0.526. The van der Waals surface area contributed by atoms with Crippen LogP contribution in [0.25, 0.3) is 0 Å². The molecule has 22 heavy (non-hydrogen) atoms. The minimum absolute atomic E-state index is 0.433. The summed E-state index contributed by atoms with van der Waals surface area (Å²) in [6, 6.07) is 11.4. The number of fused-ring (bicyclic) bond motifs is 1. The van der Waals surface area contributed by atoms with Crippen molar-refractivity contribution in [2.75, 3.05) is 5.32 Å². The number of nitrogens with zero attached hydrogens (tertiary/aromatic N) is 1. The maximum Gasteiger partial charge on any atom is 0.228 e. The third-order valence-corrected chi connectivity index (χ3v) is 5.20. The van der Waals surface area contributed by atoms with Gasteiger partial charge in [-0.15, -0.1) is 0 Å². The summed E-state index contributed by atoms with van der Waals surface area (Å²) in [6.45, 7) is 0. The lowest BCUT2D eigenvalue weighted by molar-refractivity contribution is 0.403. The minimum atomic E-state index is 0.433. The number of aromatic nitrogens is 1. The van der Waals surface area contributed by atoms with Crippen LogP contribution < -0.4 is 5.32 Å². The lowest BCUT2D eigenvalue weighted by Crippen LogP contribution is -2.23. The molecule has 4 rings (SSSR count). The molecule has 3 nitrogen and oxygen atoms in total. The van der Waals surface area contributed by atoms with E-state index in [-0.39, 0.29) is 0 Å². The Labute approximate surface area is 132 Å². The van der Waals surface area contributed by atoms with Gasteiger partial charge in [-0.05, 0) is 37.7 Å². The predicted octanol–water partition coefficient (Wildman–Crippen LogP) is 4.89. The van der Waals surface area contributed by atoms with Gasteiger partial charge in [0.25, 0.3) is 0 Å². The van der Waals surface area contributed by atoms with Crippen molar-refractivity contribution in [1.82, 2.24) is 5.16 Å². The topological polar surface area (TPSA) is 38.1 Å². The molecule has 2 aliphatic rings. The molecular formula is C19H24N2O. The Hall–Kier alpha value is -1.77. The molecule has 0 bridgehead atoms. The number of hydrogen-bond acceptors (Lipinski definition) is 3. The van der Waals surface area contributed by atoms with Crippen molar-refractivity contribution in [2.45, 2.75) is 63.3 Å². The molecule has 1 heterocycles. The second-order valence-electron chi connectivity index (χ2n) is 6.71. The van der Waals surface area contributed by atoms with E-state index >= 15 is 0 Å². The normalized spacial score (nSPS) is 22.3. The highest BCUT2D eigenvalue weighted by atomic mass is 16.5. The maximum atomic E-state index is 5.71. The molecular weight excluding hydrogens is 272 g/mol. The smallest absolute Gasteiger partial charge is 0.228 e. The first kappa shape index (κ1) is 13.9. The average Bonchev–Trinajstić information content (AvgIpc) is 3.00. The van der Waals surface area contributed by atoms with Gasteiger partial charge in [-0.2, -0.15) is 0 Å². The number of anilines is 1. The first-order valence-electron chi connectivity index (χ1n) is 8.72. The van der Waals surface area contributed by atoms with Crippen molar-refractivity contribution < 1.29 is 4.52 Å². The SMILES string of the molecule is c1ccc(C2CCCc3noc(NC4CCCCC4)c32)cc1. The van der Waals surface area contributed by atoms with Crippen LogP contribution in [-0.4, -0.2) is 11.2 Å². The van der Waals surface area contributed by atoms with Gasteiger partial charge < -0.3 is 9.84 Å². The van der Waals surface area contributed by atoms with E-state index in [0.29, 0.717) is 12.0 Å². The third kappa shape index (κ3) is 2.65. The van der Waals surface area contributed by atoms with E-state index in [2.05, 4.69) is 40.8 Å². The van der Waals surface area contributed by atoms with Crippen LogP contribution in [0.15, 0.2) is 34.9 Å². The van der Waals surface area contributed by atoms with E-state index in [0.717, 1.165) is 12.3 Å². The second kappa shape index (κ2) is 6.15. The first-order chi connectivity index (χ1) is 10.9. The average molecular weight is 296 g/mol. The number of nitrogens with one attached hydrogen (secondary N) is 1. The van der Waals surface area contributed by atoms with Crippen LogP contribution >= 0.6 is 0 Å². The van der Waals surface area contributed by atoms with E-state index in [4.69, 9.17) is 4.52 Å². The highest BCUT2D eigenvalue weighted by Gasteiger charge is 2.30. The van der Waals surface area contributed by atoms with Crippen molar-refractivity contribution in [1.29, 1.82) is 0 Å². The molecule has 0 aliphatic heterocycles. The Bertz CT molecular complexity index is 614. The number of hydrogen-bond donors (Lipinski definition) is 1. The zero-order valence-corrected chi connectivity index (χ0v) is 13.1. The predicted molar refractivity (Wildman–Crippen MR) is 88.2 cm³/mol. The van der Waals surface area contributed by atoms with Crippen molar-refractivity contribution in [3.63, 3.8) is 0 Å². The quantitative estimate of drug-likeness (QED) is 0.876. The molecule has 116 valence electrons. The first-order valence-corrected chi connectivity index (χ1v) is 8.72. The number of aryl methyl sites for hydroxylation is 1. The van der Waals surface area contributed by atoms with Crippen LogP contribution in [0, 0.1) is 0 Å². The van der Waals surface area contributed by atoms with E-state index < -0.39 is 0 Å². The van der Waals surface area contributed by atoms with Crippen molar-refractivity contribution in [3.8, 4) is 0 Å². The maximum absolute atomic E-state index is 5.71. The van der Waals surface area contributed by atoms with Crippen LogP contribution in [0.5, 0.6) is 0 Å². The van der Waals surface area contributed by atoms with Gasteiger partial charge in [0.2, 0.25) is 5.88 Å². The summed E-state index contributed by atoms with van der Waals surface area (Å²) in [5.74, 6) is 1.37. The van der Waals surface area contributed by atoms with E-state index in [9.17, 15) is 0 Å². The molecule has 1 atom stereocenters. The molecule has 1 unspecified atom stereocenters. The zero-order chi connectivity index (χ0) is 14.8. The number of rotatable bonds is 3. The number of benzene rings is 1. The molecule has 0 spiro atoms. The molecule has 2 aliphatic carbocycles. The zero-order valence-electron chi connectivity index (χ0n) is 13.1. The largest absolute Gasteiger partial charge is 0.351 e. The molecule has 1 aromatic heterocycles. The highest BCUT2D eigenvalue weighted by Crippen LogP contribution is 2.41. The summed E-state index contributed by atoms with van der Waals surface area (Å²) < 4.78 is 5.71. The fourth-order valence-corrected chi connectivity index (χ4v) is 4.04. The molecule has 2 aromatic rings. The van der Waals surface area contributed by atoms with Crippen LogP contribution in [0.3, 0.4) is 0 Å². The van der Waals surface area contributed by atoms with E-state index in [1.165, 1.54) is 61.8 Å². The highest BCUT2D eigenvalue weighted by molar-refractivity contribution is 5.51. The molecule has 3 heteroatoms. The Balaban J connectivity index is 1.63. The van der Waals surface area contributed by atoms with E-state index in [1.54, 1.807) is 0 Å². The van der Waals surface area contributed by atoms with Crippen LogP contribution in [-0.2, 0) is 6.42 Å². The van der Waals surface area contributed by atoms with Gasteiger partial charge in [0.15, 0.2) is 0 Å². The lowest BCUT2D eigenvalue weighted by atomic mass is 9.81. The molecule has 0 saturated heterocycles. The second-order valence-corrected chi connectivity index (χ2v) is 6.71. The summed E-state index contributed by atoms with van der Waals surface area (Å²) in [7, 11) is 0. The van der Waals surface area contributed by atoms with Crippen LogP contribution in [0.1, 0.15) is 67.7 Å². The van der Waals surface area contributed by atoms with Crippen molar-refractivity contribution in [2.24, 2.45) is 0 Å². The van der Waals surface area contributed by atoms with Crippen LogP contribution in [0.4, 0.5) is 5.88 Å². The van der Waals surface area contributed by atoms with E-state index in [1.807, 2.05) is 0 Å². The molecule has 1 aromatic carbocycles. The third-order valence-electron chi connectivity index (χ3n) is 5.20. The Morgan fingerprint density at radius 3 is 2.59 bits per heavy atom. The van der Waals surface area contributed by atoms with Gasteiger partial charge in [0.05, 0.1) is 5.69 Å². The minimum Gasteiger partial charge on any atom is -0.351 e. The van der Waals surface area contributed by atoms with Gasteiger partial charge >= 0.3 is 0 Å². The Kier molecular flexibility index (Phi) is 3.88. The standard InChI is InChI=1S/C19H24N2O/c1-3-8-14(9-4-1)16-12-7-13-17-18(16)19(22-21-17)20-15-10-5-2-6-11-15/h1,3-4,8-9,15-16,20H,2,5-7,10-13H2. The summed E-state index contributed by atoms with van der Waals surface area (Å²) >= 11 is 0. The summed E-state index contributed by atoms with van der Waals surface area (Å²) in [5, 5.41) is 8.02.